The summed E-state index contributed by atoms with van der Waals surface area (Å²) < 4.78 is 2.03. The minimum Gasteiger partial charge on any atom is -0.327 e. The van der Waals surface area contributed by atoms with Crippen LogP contribution in [0.25, 0.3) is 22.4 Å². The summed E-state index contributed by atoms with van der Waals surface area (Å²) in [5.74, 6) is -0.124. The summed E-state index contributed by atoms with van der Waals surface area (Å²) >= 11 is 0. The predicted molar refractivity (Wildman–Crippen MR) is 126 cm³/mol. The average molecular weight is 438 g/mol. The summed E-state index contributed by atoms with van der Waals surface area (Å²) in [6, 6.07) is 20.6. The van der Waals surface area contributed by atoms with Crippen LogP contribution in [-0.2, 0) is 11.8 Å². The quantitative estimate of drug-likeness (QED) is 0.474. The molecule has 33 heavy (non-hydrogen) atoms. The van der Waals surface area contributed by atoms with E-state index in [1.807, 2.05) is 67.1 Å². The second kappa shape index (κ2) is 8.02. The number of aryl methyl sites for hydroxylation is 2. The molecule has 4 aromatic rings. The summed E-state index contributed by atoms with van der Waals surface area (Å²) in [4.78, 5) is 43.4. The van der Waals surface area contributed by atoms with E-state index in [9.17, 15) is 14.4 Å². The molecule has 0 radical (unpaired) electrons. The van der Waals surface area contributed by atoms with Gasteiger partial charge in [-0.1, -0.05) is 23.8 Å². The van der Waals surface area contributed by atoms with E-state index in [0.717, 1.165) is 32.9 Å². The lowest BCUT2D eigenvalue weighted by molar-refractivity contribution is -0.116. The first kappa shape index (κ1) is 20.6. The van der Waals surface area contributed by atoms with Gasteiger partial charge in [-0.15, -0.1) is 0 Å². The van der Waals surface area contributed by atoms with Crippen LogP contribution in [0, 0.1) is 6.92 Å². The number of anilines is 1. The van der Waals surface area contributed by atoms with E-state index in [0.29, 0.717) is 16.8 Å². The molecule has 7 heteroatoms. The first-order valence-electron chi connectivity index (χ1n) is 10.7. The zero-order chi connectivity index (χ0) is 23.1. The number of nitrogens with one attached hydrogen (secondary N) is 1. The van der Waals surface area contributed by atoms with E-state index in [-0.39, 0.29) is 30.7 Å². The summed E-state index contributed by atoms with van der Waals surface area (Å²) in [6.45, 7) is 1.91. The number of benzene rings is 3. The minimum absolute atomic E-state index is 0.0248. The Kier molecular flexibility index (Phi) is 5.01. The van der Waals surface area contributed by atoms with Crippen LogP contribution >= 0.6 is 0 Å². The number of imide groups is 1. The third kappa shape index (κ3) is 3.67. The Morgan fingerprint density at radius 3 is 2.42 bits per heavy atom. The molecule has 0 aliphatic carbocycles. The largest absolute Gasteiger partial charge is 0.327 e. The van der Waals surface area contributed by atoms with Gasteiger partial charge >= 0.3 is 0 Å². The Morgan fingerprint density at radius 1 is 0.939 bits per heavy atom. The summed E-state index contributed by atoms with van der Waals surface area (Å²) in [5, 5.41) is 2.83. The molecule has 0 saturated heterocycles. The van der Waals surface area contributed by atoms with Gasteiger partial charge in [-0.2, -0.15) is 0 Å². The molecule has 0 bridgehead atoms. The van der Waals surface area contributed by atoms with Gasteiger partial charge in [0.05, 0.1) is 22.2 Å². The normalized spacial score (nSPS) is 13.0. The number of carbonyl (C=O) groups is 3. The zero-order valence-corrected chi connectivity index (χ0v) is 18.3. The Bertz CT molecular complexity index is 1420. The number of hydrogen-bond acceptors (Lipinski definition) is 4. The van der Waals surface area contributed by atoms with Crippen molar-refractivity contribution >= 4 is 34.4 Å². The van der Waals surface area contributed by atoms with Crippen molar-refractivity contribution in [2.24, 2.45) is 7.05 Å². The van der Waals surface area contributed by atoms with Crippen molar-refractivity contribution in [2.75, 3.05) is 11.9 Å². The fourth-order valence-corrected chi connectivity index (χ4v) is 4.15. The average Bonchev–Trinajstić information content (AvgIpc) is 3.27. The van der Waals surface area contributed by atoms with Crippen molar-refractivity contribution in [3.8, 4) is 11.4 Å². The lowest BCUT2D eigenvalue weighted by atomic mass is 10.1. The number of rotatable bonds is 5. The van der Waals surface area contributed by atoms with E-state index in [4.69, 9.17) is 0 Å². The molecule has 1 aliphatic heterocycles. The number of hydrogen-bond donors (Lipinski definition) is 1. The molecule has 0 unspecified atom stereocenters. The highest BCUT2D eigenvalue weighted by Crippen LogP contribution is 2.26. The molecule has 3 aromatic carbocycles. The molecule has 7 nitrogen and oxygen atoms in total. The third-order valence-electron chi connectivity index (χ3n) is 5.90. The van der Waals surface area contributed by atoms with E-state index >= 15 is 0 Å². The van der Waals surface area contributed by atoms with Crippen LogP contribution in [0.3, 0.4) is 0 Å². The Balaban J connectivity index is 1.23. The number of imidazole rings is 1. The standard InChI is InChI=1S/C26H22N4O3/c1-16-7-12-19-20(15-16)26(33)30(25(19)32)14-13-23(31)27-18-10-8-17(9-11-18)24-28-21-5-3-4-6-22(21)29(24)2/h3-12,15H,13-14H2,1-2H3,(H,27,31). The second-order valence-electron chi connectivity index (χ2n) is 8.17. The van der Waals surface area contributed by atoms with Crippen molar-refractivity contribution in [2.45, 2.75) is 13.3 Å². The maximum absolute atomic E-state index is 12.6. The summed E-state index contributed by atoms with van der Waals surface area (Å²) in [7, 11) is 1.97. The number of aromatic nitrogens is 2. The summed E-state index contributed by atoms with van der Waals surface area (Å²) in [5.41, 5.74) is 5.26. The molecule has 0 saturated carbocycles. The van der Waals surface area contributed by atoms with E-state index in [1.165, 1.54) is 0 Å². The number of amides is 3. The van der Waals surface area contributed by atoms with Crippen LogP contribution in [-0.4, -0.2) is 38.7 Å². The minimum atomic E-state index is -0.352. The van der Waals surface area contributed by atoms with Crippen LogP contribution in [0.15, 0.2) is 66.7 Å². The SMILES string of the molecule is Cc1ccc2c(c1)C(=O)N(CCC(=O)Nc1ccc(-c3nc4ccccc4n3C)cc1)C2=O. The van der Waals surface area contributed by atoms with Gasteiger partial charge in [0, 0.05) is 31.3 Å². The first-order chi connectivity index (χ1) is 15.9. The molecule has 164 valence electrons. The first-order valence-corrected chi connectivity index (χ1v) is 10.7. The lowest BCUT2D eigenvalue weighted by Gasteiger charge is -2.13. The Morgan fingerprint density at radius 2 is 1.67 bits per heavy atom. The number of para-hydroxylation sites is 2. The smallest absolute Gasteiger partial charge is 0.261 e. The monoisotopic (exact) mass is 438 g/mol. The Labute approximate surface area is 190 Å². The van der Waals surface area contributed by atoms with E-state index < -0.39 is 0 Å². The van der Waals surface area contributed by atoms with Crippen LogP contribution in [0.4, 0.5) is 5.69 Å². The molecule has 1 aliphatic rings. The molecule has 2 heterocycles. The fourth-order valence-electron chi connectivity index (χ4n) is 4.15. The number of fused-ring (bicyclic) bond motifs is 2. The maximum Gasteiger partial charge on any atom is 0.261 e. The van der Waals surface area contributed by atoms with Gasteiger partial charge < -0.3 is 9.88 Å². The van der Waals surface area contributed by atoms with Crippen LogP contribution in [0.2, 0.25) is 0 Å². The Hall–Kier alpha value is -4.26. The van der Waals surface area contributed by atoms with Crippen molar-refractivity contribution in [1.29, 1.82) is 0 Å². The van der Waals surface area contributed by atoms with Gasteiger partial charge in [-0.3, -0.25) is 19.3 Å². The molecule has 1 aromatic heterocycles. The topological polar surface area (TPSA) is 84.3 Å². The van der Waals surface area contributed by atoms with Crippen LogP contribution in [0.5, 0.6) is 0 Å². The van der Waals surface area contributed by atoms with E-state index in [1.54, 1.807) is 18.2 Å². The number of carbonyl (C=O) groups excluding carboxylic acids is 3. The van der Waals surface area contributed by atoms with Gasteiger partial charge in [-0.05, 0) is 55.5 Å². The fraction of sp³-hybridized carbons (Fsp3) is 0.154. The molecular weight excluding hydrogens is 416 g/mol. The highest BCUT2D eigenvalue weighted by Gasteiger charge is 2.35. The maximum atomic E-state index is 12.6. The van der Waals surface area contributed by atoms with Gasteiger partial charge in [0.25, 0.3) is 11.8 Å². The zero-order valence-electron chi connectivity index (χ0n) is 18.3. The molecule has 0 atom stereocenters. The van der Waals surface area contributed by atoms with Gasteiger partial charge in [0.1, 0.15) is 5.82 Å². The molecule has 5 rings (SSSR count). The highest BCUT2D eigenvalue weighted by molar-refractivity contribution is 6.21. The van der Waals surface area contributed by atoms with Crippen molar-refractivity contribution in [1.82, 2.24) is 14.5 Å². The van der Waals surface area contributed by atoms with Crippen LogP contribution in [0.1, 0.15) is 32.7 Å². The predicted octanol–water partition coefficient (Wildman–Crippen LogP) is 4.17. The summed E-state index contributed by atoms with van der Waals surface area (Å²) in [6.07, 6.45) is 0.0248. The molecule has 1 N–H and O–H groups in total. The van der Waals surface area contributed by atoms with Crippen molar-refractivity contribution in [3.63, 3.8) is 0 Å². The number of nitrogens with zero attached hydrogens (tertiary/aromatic N) is 3. The third-order valence-corrected chi connectivity index (χ3v) is 5.90. The van der Waals surface area contributed by atoms with Gasteiger partial charge in [0.2, 0.25) is 5.91 Å². The van der Waals surface area contributed by atoms with Crippen LogP contribution < -0.4 is 5.32 Å². The van der Waals surface area contributed by atoms with E-state index in [2.05, 4.69) is 10.3 Å². The van der Waals surface area contributed by atoms with Gasteiger partial charge in [-0.25, -0.2) is 4.98 Å². The molecule has 3 amide bonds. The van der Waals surface area contributed by atoms with Crippen molar-refractivity contribution in [3.05, 3.63) is 83.4 Å². The second-order valence-corrected chi connectivity index (χ2v) is 8.17. The molecular formula is C26H22N4O3. The van der Waals surface area contributed by atoms with Gasteiger partial charge in [0.15, 0.2) is 0 Å². The van der Waals surface area contributed by atoms with Crippen molar-refractivity contribution < 1.29 is 14.4 Å². The molecule has 0 spiro atoms. The highest BCUT2D eigenvalue weighted by atomic mass is 16.2. The lowest BCUT2D eigenvalue weighted by Crippen LogP contribution is -2.32. The molecule has 0 fully saturated rings.